The molecule has 36 heavy (non-hydrogen) atoms. The summed E-state index contributed by atoms with van der Waals surface area (Å²) in [6.07, 6.45) is -2.92. The van der Waals surface area contributed by atoms with Gasteiger partial charge in [-0.1, -0.05) is 91.0 Å². The monoisotopic (exact) mass is 491 g/mol. The molecule has 0 saturated heterocycles. The van der Waals surface area contributed by atoms with Gasteiger partial charge in [0.2, 0.25) is 0 Å². The second kappa shape index (κ2) is 12.6. The zero-order chi connectivity index (χ0) is 25.3. The van der Waals surface area contributed by atoms with Gasteiger partial charge in [-0.25, -0.2) is 4.79 Å². The molecule has 2 N–H and O–H groups in total. The summed E-state index contributed by atoms with van der Waals surface area (Å²) in [4.78, 5) is 13.3. The Labute approximate surface area is 211 Å². The highest BCUT2D eigenvalue weighted by Crippen LogP contribution is 2.38. The number of carbonyl (C=O) groups is 1. The quantitative estimate of drug-likeness (QED) is 0.415. The Hall–Kier alpha value is -3.23. The molecule has 0 heterocycles. The van der Waals surface area contributed by atoms with Crippen molar-refractivity contribution in [2.24, 2.45) is 5.92 Å². The van der Waals surface area contributed by atoms with Crippen LogP contribution in [-0.2, 0) is 34.0 Å². The normalized spacial score (nSPS) is 23.4. The minimum absolute atomic E-state index is 0.266. The predicted molar refractivity (Wildman–Crippen MR) is 135 cm³/mol. The summed E-state index contributed by atoms with van der Waals surface area (Å²) < 4.78 is 19.1. The molecule has 1 fully saturated rings. The van der Waals surface area contributed by atoms with Crippen molar-refractivity contribution in [3.8, 4) is 0 Å². The van der Waals surface area contributed by atoms with Crippen molar-refractivity contribution in [2.75, 3.05) is 13.7 Å². The molecule has 1 saturated carbocycles. The van der Waals surface area contributed by atoms with Crippen molar-refractivity contribution in [1.29, 1.82) is 0 Å². The molecule has 0 radical (unpaired) electrons. The average molecular weight is 492 g/mol. The first-order chi connectivity index (χ1) is 17.6. The van der Waals surface area contributed by atoms with Gasteiger partial charge in [0.05, 0.1) is 38.6 Å². The largest absolute Gasteiger partial charge is 0.465 e. The molecule has 0 aromatic heterocycles. The molecule has 1 aliphatic rings. The fourth-order valence-corrected chi connectivity index (χ4v) is 4.81. The lowest BCUT2D eigenvalue weighted by atomic mass is 10.0. The number of ether oxygens (including phenoxy) is 3. The van der Waals surface area contributed by atoms with Crippen molar-refractivity contribution < 1.29 is 29.2 Å². The van der Waals surface area contributed by atoms with Crippen LogP contribution in [0.4, 0.5) is 4.79 Å². The van der Waals surface area contributed by atoms with Gasteiger partial charge < -0.3 is 29.3 Å². The zero-order valence-electron chi connectivity index (χ0n) is 20.4. The highest BCUT2D eigenvalue weighted by atomic mass is 16.6. The number of likely N-dealkylation sites (N-methyl/N-ethyl adjacent to an activating group) is 1. The molecular weight excluding hydrogens is 458 g/mol. The van der Waals surface area contributed by atoms with Crippen LogP contribution in [0.1, 0.15) is 16.7 Å². The average Bonchev–Trinajstić information content (AvgIpc) is 3.22. The Balaban J connectivity index is 1.63. The molecule has 7 nitrogen and oxygen atoms in total. The highest BCUT2D eigenvalue weighted by molar-refractivity contribution is 5.65. The Bertz CT molecular complexity index is 1060. The van der Waals surface area contributed by atoms with E-state index < -0.39 is 36.4 Å². The first-order valence-corrected chi connectivity index (χ1v) is 12.1. The number of carboxylic acid groups (broad SMARTS) is 1. The van der Waals surface area contributed by atoms with Crippen LogP contribution in [-0.4, -0.2) is 59.2 Å². The zero-order valence-corrected chi connectivity index (χ0v) is 20.4. The SMILES string of the molecule is CN(C(=O)O)[C@@H]1[C@@H](CO)[C@H](OCc2ccccc2)[C@@H](OCc2ccccc2)[C@H]1OCc1ccccc1. The van der Waals surface area contributed by atoms with Crippen LogP contribution in [0.25, 0.3) is 0 Å². The number of aliphatic hydroxyl groups is 1. The van der Waals surface area contributed by atoms with Crippen LogP contribution in [0.2, 0.25) is 0 Å². The van der Waals surface area contributed by atoms with Crippen LogP contribution in [0, 0.1) is 5.92 Å². The summed E-state index contributed by atoms with van der Waals surface area (Å²) in [6.45, 7) is 0.633. The molecular formula is C29H33NO6. The maximum absolute atomic E-state index is 12.0. The molecule has 0 spiro atoms. The Morgan fingerprint density at radius 3 is 1.47 bits per heavy atom. The molecule has 0 aliphatic heterocycles. The van der Waals surface area contributed by atoms with Crippen molar-refractivity contribution in [2.45, 2.75) is 44.2 Å². The van der Waals surface area contributed by atoms with E-state index in [1.165, 1.54) is 11.9 Å². The van der Waals surface area contributed by atoms with Gasteiger partial charge in [0, 0.05) is 13.0 Å². The van der Waals surface area contributed by atoms with Crippen molar-refractivity contribution in [3.63, 3.8) is 0 Å². The molecule has 0 unspecified atom stereocenters. The maximum atomic E-state index is 12.0. The van der Waals surface area contributed by atoms with Crippen molar-refractivity contribution in [3.05, 3.63) is 108 Å². The van der Waals surface area contributed by atoms with Gasteiger partial charge in [-0.3, -0.25) is 0 Å². The van der Waals surface area contributed by atoms with Gasteiger partial charge in [0.25, 0.3) is 0 Å². The summed E-state index contributed by atoms with van der Waals surface area (Å²) in [7, 11) is 1.50. The maximum Gasteiger partial charge on any atom is 0.407 e. The first-order valence-electron chi connectivity index (χ1n) is 12.1. The van der Waals surface area contributed by atoms with Crippen LogP contribution in [0.5, 0.6) is 0 Å². The van der Waals surface area contributed by atoms with Crippen LogP contribution in [0.3, 0.4) is 0 Å². The molecule has 3 aromatic rings. The van der Waals surface area contributed by atoms with E-state index in [-0.39, 0.29) is 13.2 Å². The lowest BCUT2D eigenvalue weighted by Crippen LogP contribution is -2.48. The number of amides is 1. The third-order valence-electron chi connectivity index (χ3n) is 6.66. The van der Waals surface area contributed by atoms with Crippen LogP contribution >= 0.6 is 0 Å². The van der Waals surface area contributed by atoms with E-state index in [0.717, 1.165) is 16.7 Å². The van der Waals surface area contributed by atoms with Gasteiger partial charge in [-0.15, -0.1) is 0 Å². The summed E-state index contributed by atoms with van der Waals surface area (Å²) in [6, 6.07) is 28.6. The lowest BCUT2D eigenvalue weighted by molar-refractivity contribution is -0.131. The van der Waals surface area contributed by atoms with Crippen molar-refractivity contribution >= 4 is 6.09 Å². The Morgan fingerprint density at radius 1 is 0.694 bits per heavy atom. The van der Waals surface area contributed by atoms with Gasteiger partial charge in [-0.2, -0.15) is 0 Å². The summed E-state index contributed by atoms with van der Waals surface area (Å²) in [5.74, 6) is -0.531. The minimum atomic E-state index is -1.10. The molecule has 0 bridgehead atoms. The Kier molecular flexibility index (Phi) is 9.08. The third kappa shape index (κ3) is 6.30. The van der Waals surface area contributed by atoms with Gasteiger partial charge in [0.15, 0.2) is 0 Å². The molecule has 1 amide bonds. The van der Waals surface area contributed by atoms with E-state index in [2.05, 4.69) is 0 Å². The lowest BCUT2D eigenvalue weighted by Gasteiger charge is -2.32. The van der Waals surface area contributed by atoms with E-state index in [9.17, 15) is 15.0 Å². The summed E-state index contributed by atoms with van der Waals surface area (Å²) in [5, 5.41) is 20.3. The molecule has 4 rings (SSSR count). The van der Waals surface area contributed by atoms with Gasteiger partial charge >= 0.3 is 6.09 Å². The van der Waals surface area contributed by atoms with E-state index in [4.69, 9.17) is 14.2 Å². The van der Waals surface area contributed by atoms with E-state index >= 15 is 0 Å². The molecule has 5 atom stereocenters. The molecule has 3 aromatic carbocycles. The summed E-state index contributed by atoms with van der Waals surface area (Å²) >= 11 is 0. The number of benzene rings is 3. The number of aliphatic hydroxyl groups excluding tert-OH is 1. The van der Waals surface area contributed by atoms with E-state index in [1.54, 1.807) is 0 Å². The topological polar surface area (TPSA) is 88.5 Å². The number of rotatable bonds is 11. The molecule has 190 valence electrons. The van der Waals surface area contributed by atoms with E-state index in [1.807, 2.05) is 91.0 Å². The Morgan fingerprint density at radius 2 is 1.08 bits per heavy atom. The number of hydrogen-bond acceptors (Lipinski definition) is 5. The fraction of sp³-hybridized carbons (Fsp3) is 0.345. The van der Waals surface area contributed by atoms with Crippen LogP contribution < -0.4 is 0 Å². The number of hydrogen-bond donors (Lipinski definition) is 2. The molecule has 1 aliphatic carbocycles. The predicted octanol–water partition coefficient (Wildman–Crippen LogP) is 4.34. The second-order valence-corrected chi connectivity index (χ2v) is 9.01. The van der Waals surface area contributed by atoms with E-state index in [0.29, 0.717) is 13.2 Å². The second-order valence-electron chi connectivity index (χ2n) is 9.01. The van der Waals surface area contributed by atoms with Crippen molar-refractivity contribution in [1.82, 2.24) is 4.90 Å². The fourth-order valence-electron chi connectivity index (χ4n) is 4.81. The minimum Gasteiger partial charge on any atom is -0.465 e. The number of nitrogens with zero attached hydrogens (tertiary/aromatic N) is 1. The third-order valence-corrected chi connectivity index (χ3v) is 6.66. The summed E-state index contributed by atoms with van der Waals surface area (Å²) in [5.41, 5.74) is 2.93. The van der Waals surface area contributed by atoms with Crippen LogP contribution in [0.15, 0.2) is 91.0 Å². The molecule has 7 heteroatoms. The first kappa shape index (κ1) is 25.9. The highest BCUT2D eigenvalue weighted by Gasteiger charge is 2.55. The van der Waals surface area contributed by atoms with Gasteiger partial charge in [0.1, 0.15) is 12.2 Å². The standard InChI is InChI=1S/C29H33NO6/c1-30(29(32)33)25-24(17-31)26(34-18-21-11-5-2-6-12-21)28(36-20-23-15-9-4-10-16-23)27(25)35-19-22-13-7-3-8-14-22/h2-16,24-28,31H,17-20H2,1H3,(H,32,33)/t24-,25-,26+,27+,28-/m1/s1. The smallest absolute Gasteiger partial charge is 0.407 e. The van der Waals surface area contributed by atoms with Gasteiger partial charge in [-0.05, 0) is 16.7 Å².